The van der Waals surface area contributed by atoms with Crippen LogP contribution < -0.4 is 0 Å². The Kier molecular flexibility index (Phi) is 5.28. The molecule has 6 nitrogen and oxygen atoms in total. The molecular formula is C21H21NO5. The number of nitrogens with zero attached hydrogens (tertiary/aromatic N) is 1. The summed E-state index contributed by atoms with van der Waals surface area (Å²) in [4.78, 5) is 26.7. The first-order valence-electron chi connectivity index (χ1n) is 8.57. The van der Waals surface area contributed by atoms with Crippen LogP contribution in [0.4, 0.5) is 0 Å². The minimum atomic E-state index is -0.798. The molecule has 1 amide bonds. The molecule has 1 aliphatic rings. The van der Waals surface area contributed by atoms with E-state index in [4.69, 9.17) is 4.74 Å². The maximum Gasteiger partial charge on any atom is 0.295 e. The third-order valence-corrected chi connectivity index (χ3v) is 4.59. The lowest BCUT2D eigenvalue weighted by molar-refractivity contribution is -0.140. The van der Waals surface area contributed by atoms with Gasteiger partial charge in [0.2, 0.25) is 0 Å². The van der Waals surface area contributed by atoms with Gasteiger partial charge in [0.05, 0.1) is 18.2 Å². The van der Waals surface area contributed by atoms with Crippen LogP contribution in [0.2, 0.25) is 0 Å². The van der Waals surface area contributed by atoms with Gasteiger partial charge in [0.15, 0.2) is 0 Å². The predicted molar refractivity (Wildman–Crippen MR) is 100 cm³/mol. The second kappa shape index (κ2) is 7.63. The van der Waals surface area contributed by atoms with Gasteiger partial charge in [0.1, 0.15) is 11.5 Å². The van der Waals surface area contributed by atoms with Gasteiger partial charge >= 0.3 is 0 Å². The summed E-state index contributed by atoms with van der Waals surface area (Å²) in [6.07, 6.45) is 0. The van der Waals surface area contributed by atoms with E-state index >= 15 is 0 Å². The number of hydrogen-bond acceptors (Lipinski definition) is 5. The van der Waals surface area contributed by atoms with Crippen molar-refractivity contribution in [2.75, 3.05) is 20.3 Å². The van der Waals surface area contributed by atoms with Crippen LogP contribution in [0.1, 0.15) is 22.7 Å². The van der Waals surface area contributed by atoms with Crippen LogP contribution in [0.25, 0.3) is 5.76 Å². The van der Waals surface area contributed by atoms with E-state index in [0.29, 0.717) is 11.1 Å². The highest BCUT2D eigenvalue weighted by atomic mass is 16.5. The Morgan fingerprint density at radius 3 is 2.48 bits per heavy atom. The number of amides is 1. The molecule has 2 aromatic carbocycles. The summed E-state index contributed by atoms with van der Waals surface area (Å²) in [7, 11) is 1.51. The molecule has 0 aliphatic carbocycles. The molecule has 27 heavy (non-hydrogen) atoms. The van der Waals surface area contributed by atoms with Crippen LogP contribution in [0.5, 0.6) is 5.75 Å². The first-order chi connectivity index (χ1) is 12.9. The van der Waals surface area contributed by atoms with Crippen LogP contribution in [-0.4, -0.2) is 47.1 Å². The van der Waals surface area contributed by atoms with Gasteiger partial charge in [0.25, 0.3) is 11.7 Å². The third kappa shape index (κ3) is 3.57. The highest BCUT2D eigenvalue weighted by Crippen LogP contribution is 2.39. The van der Waals surface area contributed by atoms with Crippen molar-refractivity contribution in [1.29, 1.82) is 0 Å². The number of methoxy groups -OCH3 is 1. The van der Waals surface area contributed by atoms with Crippen molar-refractivity contribution in [2.24, 2.45) is 0 Å². The lowest BCUT2D eigenvalue weighted by atomic mass is 9.95. The third-order valence-electron chi connectivity index (χ3n) is 4.59. The molecule has 1 saturated heterocycles. The average molecular weight is 367 g/mol. The van der Waals surface area contributed by atoms with Crippen molar-refractivity contribution < 1.29 is 24.5 Å². The monoisotopic (exact) mass is 367 g/mol. The van der Waals surface area contributed by atoms with Crippen molar-refractivity contribution in [1.82, 2.24) is 4.90 Å². The largest absolute Gasteiger partial charge is 0.508 e. The van der Waals surface area contributed by atoms with Crippen molar-refractivity contribution in [3.05, 3.63) is 70.8 Å². The second-order valence-electron chi connectivity index (χ2n) is 6.45. The van der Waals surface area contributed by atoms with E-state index in [2.05, 4.69) is 0 Å². The van der Waals surface area contributed by atoms with Crippen LogP contribution in [0.15, 0.2) is 54.1 Å². The van der Waals surface area contributed by atoms with Gasteiger partial charge in [-0.1, -0.05) is 42.0 Å². The molecular weight excluding hydrogens is 346 g/mol. The molecule has 1 unspecified atom stereocenters. The Morgan fingerprint density at radius 1 is 1.15 bits per heavy atom. The van der Waals surface area contributed by atoms with Gasteiger partial charge in [-0.3, -0.25) is 9.59 Å². The first kappa shape index (κ1) is 18.7. The fraction of sp³-hybridized carbons (Fsp3) is 0.238. The molecule has 0 radical (unpaired) electrons. The zero-order chi connectivity index (χ0) is 19.6. The highest BCUT2D eigenvalue weighted by molar-refractivity contribution is 6.46. The number of phenols is 1. The lowest BCUT2D eigenvalue weighted by Crippen LogP contribution is -2.32. The SMILES string of the molecule is COCCN1C(=O)C(=O)C(=C(O)c2ccc(C)cc2)C1c1cccc(O)c1. The first-order valence-corrected chi connectivity index (χ1v) is 8.57. The van der Waals surface area contributed by atoms with E-state index in [1.54, 1.807) is 24.3 Å². The number of aromatic hydroxyl groups is 1. The van der Waals surface area contributed by atoms with E-state index in [1.807, 2.05) is 19.1 Å². The van der Waals surface area contributed by atoms with Gasteiger partial charge < -0.3 is 19.8 Å². The molecule has 0 spiro atoms. The van der Waals surface area contributed by atoms with Crippen molar-refractivity contribution in [3.63, 3.8) is 0 Å². The Balaban J connectivity index is 2.16. The molecule has 1 heterocycles. The van der Waals surface area contributed by atoms with E-state index in [1.165, 1.54) is 24.1 Å². The Hall–Kier alpha value is -3.12. The number of hydrogen-bond donors (Lipinski definition) is 2. The summed E-state index contributed by atoms with van der Waals surface area (Å²) in [6.45, 7) is 2.35. The van der Waals surface area contributed by atoms with Crippen LogP contribution in [-0.2, 0) is 14.3 Å². The van der Waals surface area contributed by atoms with Gasteiger partial charge in [0, 0.05) is 19.2 Å². The highest BCUT2D eigenvalue weighted by Gasteiger charge is 2.45. The molecule has 2 N–H and O–H groups in total. The summed E-state index contributed by atoms with van der Waals surface area (Å²) in [5.74, 6) is -1.67. The van der Waals surface area contributed by atoms with Crippen molar-refractivity contribution >= 4 is 17.4 Å². The van der Waals surface area contributed by atoms with Gasteiger partial charge in [-0.2, -0.15) is 0 Å². The number of benzene rings is 2. The summed E-state index contributed by atoms with van der Waals surface area (Å²) in [6, 6.07) is 12.6. The molecule has 140 valence electrons. The smallest absolute Gasteiger partial charge is 0.295 e. The molecule has 3 rings (SSSR count). The van der Waals surface area contributed by atoms with E-state index in [9.17, 15) is 19.8 Å². The topological polar surface area (TPSA) is 87.1 Å². The normalized spacial score (nSPS) is 18.9. The fourth-order valence-corrected chi connectivity index (χ4v) is 3.21. The number of ketones is 1. The van der Waals surface area contributed by atoms with E-state index in [-0.39, 0.29) is 30.2 Å². The maximum atomic E-state index is 12.7. The molecule has 0 bridgehead atoms. The minimum absolute atomic E-state index is 0.00514. The molecule has 1 aliphatic heterocycles. The predicted octanol–water partition coefficient (Wildman–Crippen LogP) is 2.77. The van der Waals surface area contributed by atoms with E-state index in [0.717, 1.165) is 5.56 Å². The summed E-state index contributed by atoms with van der Waals surface area (Å²) >= 11 is 0. The number of aliphatic hydroxyl groups excluding tert-OH is 1. The number of rotatable bonds is 5. The summed E-state index contributed by atoms with van der Waals surface area (Å²) < 4.78 is 5.06. The zero-order valence-corrected chi connectivity index (χ0v) is 15.2. The molecule has 6 heteroatoms. The Bertz CT molecular complexity index is 901. The van der Waals surface area contributed by atoms with Crippen LogP contribution >= 0.6 is 0 Å². The lowest BCUT2D eigenvalue weighted by Gasteiger charge is -2.25. The number of aliphatic hydroxyl groups is 1. The number of ether oxygens (including phenoxy) is 1. The van der Waals surface area contributed by atoms with Crippen LogP contribution in [0.3, 0.4) is 0 Å². The quantitative estimate of drug-likeness (QED) is 0.482. The van der Waals surface area contributed by atoms with Crippen molar-refractivity contribution in [3.8, 4) is 5.75 Å². The number of likely N-dealkylation sites (tertiary alicyclic amines) is 1. The van der Waals surface area contributed by atoms with Gasteiger partial charge in [-0.25, -0.2) is 0 Å². The Morgan fingerprint density at radius 2 is 1.85 bits per heavy atom. The standard InChI is InChI=1S/C21H21NO5/c1-13-6-8-14(9-7-13)19(24)17-18(15-4-3-5-16(23)12-15)22(10-11-27-2)21(26)20(17)25/h3-9,12,18,23-24H,10-11H2,1-2H3. The van der Waals surface area contributed by atoms with Gasteiger partial charge in [-0.15, -0.1) is 0 Å². The van der Waals surface area contributed by atoms with Gasteiger partial charge in [-0.05, 0) is 24.6 Å². The number of phenolic OH excluding ortho intramolecular Hbond substituents is 1. The fourth-order valence-electron chi connectivity index (χ4n) is 3.21. The number of carbonyl (C=O) groups is 2. The summed E-state index contributed by atoms with van der Waals surface area (Å²) in [5.41, 5.74) is 2.01. The maximum absolute atomic E-state index is 12.7. The number of Topliss-reactive ketones (excluding diaryl/α,β-unsaturated/α-hetero) is 1. The molecule has 1 fully saturated rings. The van der Waals surface area contributed by atoms with Crippen LogP contribution in [0, 0.1) is 6.92 Å². The molecule has 2 aromatic rings. The molecule has 0 aromatic heterocycles. The van der Waals surface area contributed by atoms with Crippen molar-refractivity contribution in [2.45, 2.75) is 13.0 Å². The Labute approximate surface area is 157 Å². The van der Waals surface area contributed by atoms with E-state index < -0.39 is 17.7 Å². The molecule has 1 atom stereocenters. The number of aryl methyl sites for hydroxylation is 1. The second-order valence-corrected chi connectivity index (χ2v) is 6.45. The number of carbonyl (C=O) groups excluding carboxylic acids is 2. The summed E-state index contributed by atoms with van der Waals surface area (Å²) in [5, 5.41) is 20.7. The average Bonchev–Trinajstić information content (AvgIpc) is 2.91. The zero-order valence-electron chi connectivity index (χ0n) is 15.2. The molecule has 0 saturated carbocycles. The minimum Gasteiger partial charge on any atom is -0.508 e.